The second-order valence-corrected chi connectivity index (χ2v) is 4.46. The van der Waals surface area contributed by atoms with Gasteiger partial charge in [-0.1, -0.05) is 0 Å². The third kappa shape index (κ3) is 1.04. The molecule has 1 saturated heterocycles. The Bertz CT molecular complexity index is 447. The lowest BCUT2D eigenvalue weighted by Crippen LogP contribution is -2.46. The van der Waals surface area contributed by atoms with Crippen LogP contribution in [0.3, 0.4) is 0 Å². The normalized spacial score (nSPS) is 31.5. The Labute approximate surface area is 91.1 Å². The summed E-state index contributed by atoms with van der Waals surface area (Å²) < 4.78 is 41.6. The smallest absolute Gasteiger partial charge is 0.290 e. The summed E-state index contributed by atoms with van der Waals surface area (Å²) in [6, 6.07) is 0.537. The molecule has 2 atom stereocenters. The van der Waals surface area contributed by atoms with Gasteiger partial charge in [0.15, 0.2) is 0 Å². The number of hydrogen-bond acceptors (Lipinski definition) is 2. The zero-order valence-corrected chi connectivity index (χ0v) is 8.75. The molecule has 2 nitrogen and oxygen atoms in total. The minimum atomic E-state index is -3.13. The molecule has 0 amide bonds. The molecule has 0 radical (unpaired) electrons. The van der Waals surface area contributed by atoms with Crippen molar-refractivity contribution < 1.29 is 13.2 Å². The highest BCUT2D eigenvalue weighted by Crippen LogP contribution is 2.53. The van der Waals surface area contributed by atoms with Gasteiger partial charge in [-0.25, -0.2) is 4.98 Å². The largest absolute Gasteiger partial charge is 0.293 e. The van der Waals surface area contributed by atoms with Crippen molar-refractivity contribution in [2.45, 2.75) is 30.8 Å². The van der Waals surface area contributed by atoms with E-state index >= 15 is 0 Å². The van der Waals surface area contributed by atoms with Gasteiger partial charge in [0.05, 0.1) is 11.6 Å². The van der Waals surface area contributed by atoms with E-state index in [1.54, 1.807) is 11.9 Å². The number of fused-ring (bicyclic) bond motifs is 4. The zero-order chi connectivity index (χ0) is 11.5. The lowest BCUT2D eigenvalue weighted by molar-refractivity contribution is -0.0901. The van der Waals surface area contributed by atoms with Crippen LogP contribution < -0.4 is 0 Å². The van der Waals surface area contributed by atoms with Crippen molar-refractivity contribution in [1.82, 2.24) is 9.88 Å². The van der Waals surface area contributed by atoms with Crippen molar-refractivity contribution in [3.8, 4) is 0 Å². The topological polar surface area (TPSA) is 16.1 Å². The number of halogens is 3. The summed E-state index contributed by atoms with van der Waals surface area (Å²) >= 11 is 0. The van der Waals surface area contributed by atoms with E-state index in [9.17, 15) is 13.2 Å². The Kier molecular flexibility index (Phi) is 1.87. The van der Waals surface area contributed by atoms with Crippen molar-refractivity contribution in [2.75, 3.05) is 7.05 Å². The molecule has 0 spiro atoms. The molecule has 0 aliphatic carbocycles. The van der Waals surface area contributed by atoms with Gasteiger partial charge in [0.2, 0.25) is 5.95 Å². The summed E-state index contributed by atoms with van der Waals surface area (Å²) in [7, 11) is 1.68. The van der Waals surface area contributed by atoms with Gasteiger partial charge in [0.25, 0.3) is 5.92 Å². The maximum absolute atomic E-state index is 14.1. The fourth-order valence-corrected chi connectivity index (χ4v) is 2.98. The molecule has 86 valence electrons. The molecule has 3 rings (SSSR count). The van der Waals surface area contributed by atoms with Crippen LogP contribution in [-0.4, -0.2) is 23.0 Å². The highest BCUT2D eigenvalue weighted by molar-refractivity contribution is 5.37. The second-order valence-electron chi connectivity index (χ2n) is 4.46. The molecular weight excluding hydrogens is 217 g/mol. The minimum absolute atomic E-state index is 0.0860. The van der Waals surface area contributed by atoms with Crippen molar-refractivity contribution >= 4 is 0 Å². The lowest BCUT2D eigenvalue weighted by Gasteiger charge is -2.38. The molecule has 16 heavy (non-hydrogen) atoms. The molecule has 2 aliphatic rings. The quantitative estimate of drug-likeness (QED) is 0.634. The Morgan fingerprint density at radius 1 is 1.44 bits per heavy atom. The number of aromatic nitrogens is 1. The van der Waals surface area contributed by atoms with Crippen LogP contribution in [0.1, 0.15) is 30.0 Å². The van der Waals surface area contributed by atoms with Gasteiger partial charge >= 0.3 is 0 Å². The molecule has 5 heteroatoms. The van der Waals surface area contributed by atoms with E-state index in [-0.39, 0.29) is 6.04 Å². The van der Waals surface area contributed by atoms with Crippen molar-refractivity contribution in [2.24, 2.45) is 0 Å². The molecule has 0 aromatic carbocycles. The summed E-state index contributed by atoms with van der Waals surface area (Å²) in [5.74, 6) is -4.15. The third-order valence-electron chi connectivity index (χ3n) is 3.74. The van der Waals surface area contributed by atoms with Gasteiger partial charge < -0.3 is 0 Å². The molecule has 1 fully saturated rings. The summed E-state index contributed by atoms with van der Waals surface area (Å²) in [6.45, 7) is 0. The van der Waals surface area contributed by atoms with E-state index in [1.807, 2.05) is 0 Å². The first-order valence-electron chi connectivity index (χ1n) is 5.28. The van der Waals surface area contributed by atoms with Crippen LogP contribution in [0.2, 0.25) is 0 Å². The molecular formula is C11H11F3N2. The predicted octanol–water partition coefficient (Wildman–Crippen LogP) is 2.46. The fraction of sp³-hybridized carbons (Fsp3) is 0.545. The Hall–Kier alpha value is -1.10. The number of rotatable bonds is 0. The van der Waals surface area contributed by atoms with Crippen molar-refractivity contribution in [3.63, 3.8) is 0 Å². The van der Waals surface area contributed by atoms with Crippen LogP contribution >= 0.6 is 0 Å². The van der Waals surface area contributed by atoms with E-state index in [2.05, 4.69) is 4.98 Å². The zero-order valence-electron chi connectivity index (χ0n) is 8.75. The van der Waals surface area contributed by atoms with Crippen molar-refractivity contribution in [3.05, 3.63) is 29.3 Å². The van der Waals surface area contributed by atoms with Crippen LogP contribution in [-0.2, 0) is 5.92 Å². The number of nitrogens with zero attached hydrogens (tertiary/aromatic N) is 2. The van der Waals surface area contributed by atoms with Crippen LogP contribution in [0.4, 0.5) is 13.2 Å². The van der Waals surface area contributed by atoms with Gasteiger partial charge in [0, 0.05) is 12.2 Å². The SMILES string of the molecule is CN1[C@H]2CC[C@@H]1C(F)(F)c1c2ccnc1F. The van der Waals surface area contributed by atoms with Crippen LogP contribution in [0, 0.1) is 5.95 Å². The average Bonchev–Trinajstić information content (AvgIpc) is 2.53. The Balaban J connectivity index is 2.28. The number of hydrogen-bond donors (Lipinski definition) is 0. The molecule has 0 saturated carbocycles. The first-order valence-corrected chi connectivity index (χ1v) is 5.28. The van der Waals surface area contributed by atoms with E-state index in [0.29, 0.717) is 18.4 Å². The van der Waals surface area contributed by atoms with E-state index in [4.69, 9.17) is 0 Å². The van der Waals surface area contributed by atoms with Gasteiger partial charge in [-0.3, -0.25) is 4.90 Å². The maximum Gasteiger partial charge on any atom is 0.293 e. The Morgan fingerprint density at radius 3 is 2.94 bits per heavy atom. The molecule has 3 heterocycles. The monoisotopic (exact) mass is 228 g/mol. The first kappa shape index (κ1) is 10.1. The van der Waals surface area contributed by atoms with Gasteiger partial charge in [-0.15, -0.1) is 0 Å². The summed E-state index contributed by atoms with van der Waals surface area (Å²) in [5, 5.41) is 0. The number of alkyl halides is 2. The predicted molar refractivity (Wildman–Crippen MR) is 51.6 cm³/mol. The van der Waals surface area contributed by atoms with E-state index in [0.717, 1.165) is 0 Å². The molecule has 0 N–H and O–H groups in total. The maximum atomic E-state index is 14.1. The summed E-state index contributed by atoms with van der Waals surface area (Å²) in [5.41, 5.74) is -0.0886. The van der Waals surface area contributed by atoms with Gasteiger partial charge in [-0.05, 0) is 31.5 Å². The van der Waals surface area contributed by atoms with Gasteiger partial charge in [-0.2, -0.15) is 13.2 Å². The van der Waals surface area contributed by atoms with Crippen LogP contribution in [0.5, 0.6) is 0 Å². The third-order valence-corrected chi connectivity index (χ3v) is 3.74. The highest BCUT2D eigenvalue weighted by Gasteiger charge is 2.56. The Morgan fingerprint density at radius 2 is 2.19 bits per heavy atom. The van der Waals surface area contributed by atoms with Crippen LogP contribution in [0.15, 0.2) is 12.3 Å². The number of likely N-dealkylation sites (N-methyl/N-ethyl adjacent to an activating group) is 1. The molecule has 2 bridgehead atoms. The second kappa shape index (κ2) is 2.97. The molecule has 1 aromatic heterocycles. The molecule has 2 aliphatic heterocycles. The van der Waals surface area contributed by atoms with Crippen molar-refractivity contribution in [1.29, 1.82) is 0 Å². The first-order chi connectivity index (χ1) is 7.53. The lowest BCUT2D eigenvalue weighted by atomic mass is 9.92. The number of pyridine rings is 1. The molecule has 1 aromatic rings. The minimum Gasteiger partial charge on any atom is -0.290 e. The average molecular weight is 228 g/mol. The summed E-state index contributed by atoms with van der Waals surface area (Å²) in [4.78, 5) is 5.00. The highest BCUT2D eigenvalue weighted by atomic mass is 19.3. The van der Waals surface area contributed by atoms with Crippen LogP contribution in [0.25, 0.3) is 0 Å². The van der Waals surface area contributed by atoms with E-state index < -0.39 is 23.5 Å². The standard InChI is InChI=1S/C11H11F3N2/c1-16-7-2-3-8(16)11(13,14)9-6(7)4-5-15-10(9)12/h4-5,7-8H,2-3H2,1H3/t7-,8+/m0/s1. The fourth-order valence-electron chi connectivity index (χ4n) is 2.98. The summed E-state index contributed by atoms with van der Waals surface area (Å²) in [6.07, 6.45) is 2.33. The van der Waals surface area contributed by atoms with Gasteiger partial charge in [0.1, 0.15) is 0 Å². The molecule has 0 unspecified atom stereocenters. The van der Waals surface area contributed by atoms with E-state index in [1.165, 1.54) is 12.3 Å².